The number of benzene rings is 1. The summed E-state index contributed by atoms with van der Waals surface area (Å²) in [6, 6.07) is 6.32. The fraction of sp³-hybridized carbons (Fsp3) is 0.471. The molecule has 1 atom stereocenters. The van der Waals surface area contributed by atoms with E-state index in [9.17, 15) is 14.4 Å². The van der Waals surface area contributed by atoms with Gasteiger partial charge in [-0.05, 0) is 37.1 Å². The maximum atomic E-state index is 12.3. The number of nitrogens with zero attached hydrogens (tertiary/aromatic N) is 1. The number of amides is 2. The number of carboxylic acids is 1. The first-order valence-electron chi connectivity index (χ1n) is 7.98. The Morgan fingerprint density at radius 2 is 1.78 bits per heavy atom. The van der Waals surface area contributed by atoms with Crippen molar-refractivity contribution in [3.8, 4) is 0 Å². The number of carbonyl (C=O) groups excluding carboxylic acids is 2. The van der Waals surface area contributed by atoms with Crippen molar-refractivity contribution in [2.24, 2.45) is 5.92 Å². The molecule has 1 saturated heterocycles. The molecule has 1 aromatic carbocycles. The molecule has 23 heavy (non-hydrogen) atoms. The molecule has 0 bridgehead atoms. The fourth-order valence-electron chi connectivity index (χ4n) is 3.42. The van der Waals surface area contributed by atoms with Gasteiger partial charge in [0.2, 0.25) is 11.8 Å². The third-order valence-electron chi connectivity index (χ3n) is 4.69. The molecule has 3 rings (SSSR count). The van der Waals surface area contributed by atoms with Crippen LogP contribution in [0.5, 0.6) is 0 Å². The van der Waals surface area contributed by atoms with Gasteiger partial charge in [0.25, 0.3) is 0 Å². The Bertz CT molecular complexity index is 620. The number of carbonyl (C=O) groups is 3. The van der Waals surface area contributed by atoms with Gasteiger partial charge in [-0.1, -0.05) is 12.8 Å². The van der Waals surface area contributed by atoms with Crippen LogP contribution in [0.4, 0.5) is 5.69 Å². The van der Waals surface area contributed by atoms with Crippen LogP contribution >= 0.6 is 0 Å². The summed E-state index contributed by atoms with van der Waals surface area (Å²) in [4.78, 5) is 37.1. The SMILES string of the molecule is O=C(O)c1ccc(NC(=O)C2CC(=O)N(C3CCCC3)C2)cc1. The smallest absolute Gasteiger partial charge is 0.335 e. The van der Waals surface area contributed by atoms with Crippen molar-refractivity contribution in [1.82, 2.24) is 4.90 Å². The van der Waals surface area contributed by atoms with Crippen LogP contribution < -0.4 is 5.32 Å². The molecule has 0 spiro atoms. The van der Waals surface area contributed by atoms with Crippen molar-refractivity contribution in [3.05, 3.63) is 29.8 Å². The van der Waals surface area contributed by atoms with E-state index >= 15 is 0 Å². The highest BCUT2D eigenvalue weighted by Gasteiger charge is 2.38. The minimum absolute atomic E-state index is 0.0678. The van der Waals surface area contributed by atoms with Gasteiger partial charge in [0.1, 0.15) is 0 Å². The van der Waals surface area contributed by atoms with Gasteiger partial charge in [0.05, 0.1) is 11.5 Å². The molecule has 1 aliphatic heterocycles. The summed E-state index contributed by atoms with van der Waals surface area (Å²) in [7, 11) is 0. The van der Waals surface area contributed by atoms with E-state index in [0.717, 1.165) is 25.7 Å². The van der Waals surface area contributed by atoms with Crippen molar-refractivity contribution in [2.75, 3.05) is 11.9 Å². The molecule has 2 fully saturated rings. The van der Waals surface area contributed by atoms with Crippen molar-refractivity contribution < 1.29 is 19.5 Å². The maximum absolute atomic E-state index is 12.3. The maximum Gasteiger partial charge on any atom is 0.335 e. The quantitative estimate of drug-likeness (QED) is 0.890. The van der Waals surface area contributed by atoms with Crippen molar-refractivity contribution in [3.63, 3.8) is 0 Å². The highest BCUT2D eigenvalue weighted by molar-refractivity contribution is 5.97. The monoisotopic (exact) mass is 316 g/mol. The van der Waals surface area contributed by atoms with Crippen LogP contribution in [0.25, 0.3) is 0 Å². The number of likely N-dealkylation sites (tertiary alicyclic amines) is 1. The molecule has 1 aromatic rings. The first kappa shape index (κ1) is 15.5. The first-order chi connectivity index (χ1) is 11.0. The number of hydrogen-bond acceptors (Lipinski definition) is 3. The van der Waals surface area contributed by atoms with E-state index in [0.29, 0.717) is 18.3 Å². The average Bonchev–Trinajstić information content (AvgIpc) is 3.16. The number of aromatic carboxylic acids is 1. The zero-order chi connectivity index (χ0) is 16.4. The molecule has 2 N–H and O–H groups in total. The third-order valence-corrected chi connectivity index (χ3v) is 4.69. The second-order valence-electron chi connectivity index (χ2n) is 6.26. The van der Waals surface area contributed by atoms with Gasteiger partial charge in [-0.3, -0.25) is 9.59 Å². The van der Waals surface area contributed by atoms with E-state index in [4.69, 9.17) is 5.11 Å². The largest absolute Gasteiger partial charge is 0.478 e. The summed E-state index contributed by atoms with van der Waals surface area (Å²) in [5, 5.41) is 11.6. The summed E-state index contributed by atoms with van der Waals surface area (Å²) < 4.78 is 0. The van der Waals surface area contributed by atoms with E-state index in [1.54, 1.807) is 12.1 Å². The highest BCUT2D eigenvalue weighted by Crippen LogP contribution is 2.30. The molecule has 0 aromatic heterocycles. The van der Waals surface area contributed by atoms with Crippen LogP contribution in [0, 0.1) is 5.92 Å². The molecular weight excluding hydrogens is 296 g/mol. The summed E-state index contributed by atoms with van der Waals surface area (Å²) in [6.07, 6.45) is 4.64. The van der Waals surface area contributed by atoms with Crippen LogP contribution in [0.3, 0.4) is 0 Å². The number of nitrogens with one attached hydrogen (secondary N) is 1. The lowest BCUT2D eigenvalue weighted by Gasteiger charge is -2.23. The van der Waals surface area contributed by atoms with Gasteiger partial charge < -0.3 is 15.3 Å². The predicted octanol–water partition coefficient (Wildman–Crippen LogP) is 2.11. The Kier molecular flexibility index (Phi) is 4.32. The molecule has 1 unspecified atom stereocenters. The Morgan fingerprint density at radius 1 is 1.13 bits per heavy atom. The standard InChI is InChI=1S/C17H20N2O4/c20-15-9-12(10-19(15)14-3-1-2-4-14)16(21)18-13-7-5-11(6-8-13)17(22)23/h5-8,12,14H,1-4,9-10H2,(H,18,21)(H,22,23). The van der Waals surface area contributed by atoms with Gasteiger partial charge in [-0.25, -0.2) is 4.79 Å². The Labute approximate surface area is 134 Å². The molecule has 2 amide bonds. The molecule has 0 radical (unpaired) electrons. The van der Waals surface area contributed by atoms with Crippen LogP contribution in [-0.4, -0.2) is 40.4 Å². The second-order valence-corrected chi connectivity index (χ2v) is 6.26. The van der Waals surface area contributed by atoms with Crippen molar-refractivity contribution >= 4 is 23.5 Å². The molecule has 122 valence electrons. The van der Waals surface area contributed by atoms with Crippen LogP contribution in [0.2, 0.25) is 0 Å². The van der Waals surface area contributed by atoms with Gasteiger partial charge in [0.15, 0.2) is 0 Å². The first-order valence-corrected chi connectivity index (χ1v) is 7.98. The second kappa shape index (κ2) is 6.40. The molecule has 6 heteroatoms. The van der Waals surface area contributed by atoms with Gasteiger partial charge >= 0.3 is 5.97 Å². The van der Waals surface area contributed by atoms with Crippen LogP contribution in [0.15, 0.2) is 24.3 Å². The van der Waals surface area contributed by atoms with E-state index in [1.165, 1.54) is 12.1 Å². The average molecular weight is 316 g/mol. The Hall–Kier alpha value is -2.37. The summed E-state index contributed by atoms with van der Waals surface area (Å²) in [6.45, 7) is 0.489. The molecule has 1 saturated carbocycles. The normalized spacial score (nSPS) is 21.7. The minimum atomic E-state index is -1.00. The fourth-order valence-corrected chi connectivity index (χ4v) is 3.42. The summed E-state index contributed by atoms with van der Waals surface area (Å²) in [5.41, 5.74) is 0.721. The van der Waals surface area contributed by atoms with Gasteiger partial charge in [-0.2, -0.15) is 0 Å². The molecule has 1 heterocycles. The molecular formula is C17H20N2O4. The minimum Gasteiger partial charge on any atom is -0.478 e. The number of carboxylic acid groups (broad SMARTS) is 1. The predicted molar refractivity (Wildman–Crippen MR) is 84.1 cm³/mol. The zero-order valence-electron chi connectivity index (χ0n) is 12.8. The van der Waals surface area contributed by atoms with E-state index in [1.807, 2.05) is 4.90 Å². The lowest BCUT2D eigenvalue weighted by molar-refractivity contribution is -0.129. The van der Waals surface area contributed by atoms with E-state index in [-0.39, 0.29) is 29.7 Å². The van der Waals surface area contributed by atoms with Gasteiger partial charge in [0, 0.05) is 24.7 Å². The molecule has 1 aliphatic carbocycles. The zero-order valence-corrected chi connectivity index (χ0v) is 12.8. The topological polar surface area (TPSA) is 86.7 Å². The van der Waals surface area contributed by atoms with Crippen LogP contribution in [-0.2, 0) is 9.59 Å². The summed E-state index contributed by atoms with van der Waals surface area (Å²) >= 11 is 0. The lowest BCUT2D eigenvalue weighted by atomic mass is 10.1. The number of hydrogen-bond donors (Lipinski definition) is 2. The van der Waals surface area contributed by atoms with Crippen LogP contribution in [0.1, 0.15) is 42.5 Å². The highest BCUT2D eigenvalue weighted by atomic mass is 16.4. The third kappa shape index (κ3) is 3.36. The Balaban J connectivity index is 1.60. The van der Waals surface area contributed by atoms with E-state index in [2.05, 4.69) is 5.32 Å². The number of rotatable bonds is 4. The Morgan fingerprint density at radius 3 is 2.39 bits per heavy atom. The number of anilines is 1. The van der Waals surface area contributed by atoms with Gasteiger partial charge in [-0.15, -0.1) is 0 Å². The molecule has 6 nitrogen and oxygen atoms in total. The lowest BCUT2D eigenvalue weighted by Crippen LogP contribution is -2.35. The summed E-state index contributed by atoms with van der Waals surface area (Å²) in [5.74, 6) is -1.45. The van der Waals surface area contributed by atoms with Crippen molar-refractivity contribution in [2.45, 2.75) is 38.1 Å². The van der Waals surface area contributed by atoms with E-state index < -0.39 is 5.97 Å². The molecule has 2 aliphatic rings. The van der Waals surface area contributed by atoms with Crippen molar-refractivity contribution in [1.29, 1.82) is 0 Å².